The van der Waals surface area contributed by atoms with Crippen LogP contribution >= 0.6 is 0 Å². The molecule has 0 aliphatic rings. The van der Waals surface area contributed by atoms with Crippen molar-refractivity contribution in [1.29, 1.82) is 0 Å². The predicted octanol–water partition coefficient (Wildman–Crippen LogP) is 8.04. The molecule has 0 aliphatic carbocycles. The minimum Gasteiger partial charge on any atom is -0.410 e. The quantitative estimate of drug-likeness (QED) is 0.258. The molecule has 3 heteroatoms. The zero-order valence-corrected chi connectivity index (χ0v) is 18.2. The molecule has 1 rings (SSSR count). The normalized spacial score (nSPS) is 10.8. The van der Waals surface area contributed by atoms with Crippen LogP contribution in [0.2, 0.25) is 0 Å². The third-order valence-electron chi connectivity index (χ3n) is 5.25. The highest BCUT2D eigenvalue weighted by Gasteiger charge is 2.02. The standard InChI is InChI=1S/C25H43NO2/c1-2-3-4-5-6-7-8-9-10-11-12-13-14-15-16-20-23-26-25(27)28-24-21-18-17-19-22-24/h17-19,21-22H,2-16,20,23H2,1H3,(H,26,27). The van der Waals surface area contributed by atoms with Gasteiger partial charge in [0.1, 0.15) is 5.75 Å². The lowest BCUT2D eigenvalue weighted by Gasteiger charge is -2.06. The fraction of sp³-hybridized carbons (Fsp3) is 0.720. The third-order valence-corrected chi connectivity index (χ3v) is 5.25. The zero-order chi connectivity index (χ0) is 20.1. The molecule has 0 aromatic heterocycles. The van der Waals surface area contributed by atoms with Crippen LogP contribution < -0.4 is 10.1 Å². The van der Waals surface area contributed by atoms with Crippen molar-refractivity contribution in [3.8, 4) is 5.75 Å². The van der Waals surface area contributed by atoms with E-state index >= 15 is 0 Å². The summed E-state index contributed by atoms with van der Waals surface area (Å²) in [5.41, 5.74) is 0. The molecule has 1 N–H and O–H groups in total. The first-order valence-electron chi connectivity index (χ1n) is 11.8. The maximum Gasteiger partial charge on any atom is 0.412 e. The van der Waals surface area contributed by atoms with Gasteiger partial charge in [-0.25, -0.2) is 4.79 Å². The minimum atomic E-state index is -0.354. The number of nitrogens with one attached hydrogen (secondary N) is 1. The number of benzene rings is 1. The van der Waals surface area contributed by atoms with Crippen LogP contribution in [0.4, 0.5) is 4.79 Å². The molecular formula is C25H43NO2. The number of hydrogen-bond donors (Lipinski definition) is 1. The lowest BCUT2D eigenvalue weighted by Crippen LogP contribution is -2.27. The number of ether oxygens (including phenoxy) is 1. The van der Waals surface area contributed by atoms with Crippen molar-refractivity contribution in [3.05, 3.63) is 30.3 Å². The van der Waals surface area contributed by atoms with Gasteiger partial charge in [0.25, 0.3) is 0 Å². The number of para-hydroxylation sites is 1. The van der Waals surface area contributed by atoms with Gasteiger partial charge >= 0.3 is 6.09 Å². The van der Waals surface area contributed by atoms with Gasteiger partial charge in [0, 0.05) is 6.54 Å². The van der Waals surface area contributed by atoms with Gasteiger partial charge in [-0.2, -0.15) is 0 Å². The molecule has 0 saturated carbocycles. The Balaban J connectivity index is 1.74. The van der Waals surface area contributed by atoms with Gasteiger partial charge in [-0.05, 0) is 18.6 Å². The molecule has 0 radical (unpaired) electrons. The number of hydrogen-bond acceptors (Lipinski definition) is 2. The Labute approximate surface area is 173 Å². The van der Waals surface area contributed by atoms with E-state index in [2.05, 4.69) is 12.2 Å². The second-order valence-corrected chi connectivity index (χ2v) is 7.93. The topological polar surface area (TPSA) is 38.3 Å². The van der Waals surface area contributed by atoms with Crippen molar-refractivity contribution < 1.29 is 9.53 Å². The van der Waals surface area contributed by atoms with Gasteiger partial charge in [-0.15, -0.1) is 0 Å². The Bertz CT molecular complexity index is 461. The van der Waals surface area contributed by atoms with E-state index in [-0.39, 0.29) is 6.09 Å². The first-order chi connectivity index (χ1) is 13.8. The molecule has 0 fully saturated rings. The van der Waals surface area contributed by atoms with E-state index in [1.807, 2.05) is 18.2 Å². The summed E-state index contributed by atoms with van der Waals surface area (Å²) >= 11 is 0. The first-order valence-corrected chi connectivity index (χ1v) is 11.8. The van der Waals surface area contributed by atoms with Crippen LogP contribution in [-0.4, -0.2) is 12.6 Å². The predicted molar refractivity (Wildman–Crippen MR) is 120 cm³/mol. The number of rotatable bonds is 18. The lowest BCUT2D eigenvalue weighted by atomic mass is 10.0. The van der Waals surface area contributed by atoms with Gasteiger partial charge in [-0.3, -0.25) is 0 Å². The average molecular weight is 390 g/mol. The van der Waals surface area contributed by atoms with Crippen molar-refractivity contribution in [3.63, 3.8) is 0 Å². The summed E-state index contributed by atoms with van der Waals surface area (Å²) in [5.74, 6) is 0.590. The van der Waals surface area contributed by atoms with Gasteiger partial charge in [0.15, 0.2) is 0 Å². The van der Waals surface area contributed by atoms with E-state index in [9.17, 15) is 4.79 Å². The van der Waals surface area contributed by atoms with Crippen LogP contribution in [0.5, 0.6) is 5.75 Å². The molecule has 0 atom stereocenters. The molecule has 28 heavy (non-hydrogen) atoms. The summed E-state index contributed by atoms with van der Waals surface area (Å²) in [5, 5.41) is 2.82. The average Bonchev–Trinajstić information content (AvgIpc) is 2.71. The highest BCUT2D eigenvalue weighted by molar-refractivity contribution is 5.70. The Kier molecular flexibility index (Phi) is 16.5. The summed E-state index contributed by atoms with van der Waals surface area (Å²) in [6, 6.07) is 9.19. The fourth-order valence-electron chi connectivity index (χ4n) is 3.50. The molecule has 0 unspecified atom stereocenters. The highest BCUT2D eigenvalue weighted by Crippen LogP contribution is 2.13. The van der Waals surface area contributed by atoms with Crippen LogP contribution in [0.15, 0.2) is 30.3 Å². The second-order valence-electron chi connectivity index (χ2n) is 7.93. The Morgan fingerprint density at radius 3 is 1.57 bits per heavy atom. The highest BCUT2D eigenvalue weighted by atomic mass is 16.5. The number of carbonyl (C=O) groups is 1. The van der Waals surface area contributed by atoms with Crippen molar-refractivity contribution >= 4 is 6.09 Å². The molecule has 0 saturated heterocycles. The summed E-state index contributed by atoms with van der Waals surface area (Å²) < 4.78 is 5.19. The number of carbonyl (C=O) groups excluding carboxylic acids is 1. The van der Waals surface area contributed by atoms with Crippen LogP contribution in [0.3, 0.4) is 0 Å². The van der Waals surface area contributed by atoms with E-state index < -0.39 is 0 Å². The maximum absolute atomic E-state index is 11.6. The molecule has 1 aromatic carbocycles. The van der Waals surface area contributed by atoms with E-state index in [1.165, 1.54) is 96.3 Å². The summed E-state index contributed by atoms with van der Waals surface area (Å²) in [7, 11) is 0. The lowest BCUT2D eigenvalue weighted by molar-refractivity contribution is 0.200. The van der Waals surface area contributed by atoms with E-state index in [0.717, 1.165) is 6.42 Å². The Morgan fingerprint density at radius 1 is 0.679 bits per heavy atom. The SMILES string of the molecule is CCCCCCCCCCCCCCCCCCNC(=O)Oc1ccccc1. The Morgan fingerprint density at radius 2 is 1.11 bits per heavy atom. The van der Waals surface area contributed by atoms with Crippen LogP contribution in [0, 0.1) is 0 Å². The largest absolute Gasteiger partial charge is 0.412 e. The monoisotopic (exact) mass is 389 g/mol. The molecule has 0 bridgehead atoms. The molecule has 160 valence electrons. The van der Waals surface area contributed by atoms with Crippen LogP contribution in [0.25, 0.3) is 0 Å². The van der Waals surface area contributed by atoms with E-state index in [4.69, 9.17) is 4.74 Å². The van der Waals surface area contributed by atoms with Gasteiger partial charge in [0.2, 0.25) is 0 Å². The van der Waals surface area contributed by atoms with Gasteiger partial charge < -0.3 is 10.1 Å². The van der Waals surface area contributed by atoms with Crippen molar-refractivity contribution in [2.45, 2.75) is 110 Å². The number of amides is 1. The van der Waals surface area contributed by atoms with Crippen molar-refractivity contribution in [2.75, 3.05) is 6.54 Å². The molecule has 1 amide bonds. The second kappa shape index (κ2) is 18.8. The maximum atomic E-state index is 11.6. The van der Waals surface area contributed by atoms with E-state index in [1.54, 1.807) is 12.1 Å². The molecule has 0 spiro atoms. The molecule has 1 aromatic rings. The molecule has 0 aliphatic heterocycles. The van der Waals surface area contributed by atoms with Crippen molar-refractivity contribution in [1.82, 2.24) is 5.32 Å². The summed E-state index contributed by atoms with van der Waals surface area (Å²) in [6.07, 6.45) is 21.4. The number of unbranched alkanes of at least 4 members (excludes halogenated alkanes) is 15. The van der Waals surface area contributed by atoms with Crippen LogP contribution in [0.1, 0.15) is 110 Å². The molecular weight excluding hydrogens is 346 g/mol. The zero-order valence-electron chi connectivity index (χ0n) is 18.2. The first kappa shape index (κ1) is 24.5. The minimum absolute atomic E-state index is 0.354. The van der Waals surface area contributed by atoms with Gasteiger partial charge in [-0.1, -0.05) is 121 Å². The summed E-state index contributed by atoms with van der Waals surface area (Å²) in [6.45, 7) is 2.98. The van der Waals surface area contributed by atoms with Gasteiger partial charge in [0.05, 0.1) is 0 Å². The van der Waals surface area contributed by atoms with Crippen LogP contribution in [-0.2, 0) is 0 Å². The summed E-state index contributed by atoms with van der Waals surface area (Å²) in [4.78, 5) is 11.6. The smallest absolute Gasteiger partial charge is 0.410 e. The van der Waals surface area contributed by atoms with E-state index in [0.29, 0.717) is 12.3 Å². The fourth-order valence-corrected chi connectivity index (χ4v) is 3.50. The third kappa shape index (κ3) is 15.5. The van der Waals surface area contributed by atoms with Crippen molar-refractivity contribution in [2.24, 2.45) is 0 Å². The molecule has 0 heterocycles. The molecule has 3 nitrogen and oxygen atoms in total. The Hall–Kier alpha value is -1.51.